The van der Waals surface area contributed by atoms with Gasteiger partial charge in [-0.1, -0.05) is 24.4 Å². The van der Waals surface area contributed by atoms with Gasteiger partial charge in [-0.3, -0.25) is 0 Å². The molecule has 2 aliphatic rings. The van der Waals surface area contributed by atoms with Crippen molar-refractivity contribution in [2.75, 3.05) is 18.0 Å². The van der Waals surface area contributed by atoms with Crippen LogP contribution >= 0.6 is 11.6 Å². The summed E-state index contributed by atoms with van der Waals surface area (Å²) in [6, 6.07) is 5.83. The third kappa shape index (κ3) is 3.29. The van der Waals surface area contributed by atoms with Gasteiger partial charge in [-0.15, -0.1) is 0 Å². The Kier molecular flexibility index (Phi) is 4.36. The lowest BCUT2D eigenvalue weighted by Crippen LogP contribution is -2.38. The minimum atomic E-state index is 0.414. The third-order valence-corrected chi connectivity index (χ3v) is 5.24. The van der Waals surface area contributed by atoms with Gasteiger partial charge in [-0.05, 0) is 43.9 Å². The number of hydrogen-bond donors (Lipinski definition) is 0. The minimum Gasteiger partial charge on any atom is -0.375 e. The maximum Gasteiger partial charge on any atom is 0.139 e. The first-order valence-electron chi connectivity index (χ1n) is 8.60. The van der Waals surface area contributed by atoms with E-state index in [0.717, 1.165) is 42.7 Å². The number of hydrogen-bond acceptors (Lipinski definition) is 4. The Bertz CT molecular complexity index is 679. The summed E-state index contributed by atoms with van der Waals surface area (Å²) in [5.74, 6) is 1.02. The Labute approximate surface area is 141 Å². The van der Waals surface area contributed by atoms with Crippen LogP contribution in [0.15, 0.2) is 24.5 Å². The predicted molar refractivity (Wildman–Crippen MR) is 93.1 cm³/mol. The number of ether oxygens (including phenoxy) is 1. The van der Waals surface area contributed by atoms with Gasteiger partial charge >= 0.3 is 0 Å². The van der Waals surface area contributed by atoms with E-state index in [-0.39, 0.29) is 0 Å². The molecular weight excluding hydrogens is 310 g/mol. The van der Waals surface area contributed by atoms with Gasteiger partial charge in [-0.2, -0.15) is 0 Å². The van der Waals surface area contributed by atoms with E-state index < -0.39 is 0 Å². The van der Waals surface area contributed by atoms with Crippen LogP contribution in [-0.4, -0.2) is 35.3 Å². The summed E-state index contributed by atoms with van der Waals surface area (Å²) < 4.78 is 6.26. The fourth-order valence-electron chi connectivity index (χ4n) is 3.77. The highest BCUT2D eigenvalue weighted by Gasteiger charge is 2.25. The van der Waals surface area contributed by atoms with E-state index in [2.05, 4.69) is 14.9 Å². The van der Waals surface area contributed by atoms with Crippen LogP contribution in [0.4, 0.5) is 5.82 Å². The van der Waals surface area contributed by atoms with Gasteiger partial charge in [0, 0.05) is 23.5 Å². The van der Waals surface area contributed by atoms with Gasteiger partial charge in [0.2, 0.25) is 0 Å². The molecule has 4 nitrogen and oxygen atoms in total. The topological polar surface area (TPSA) is 38.2 Å². The Balaban J connectivity index is 1.46. The molecule has 0 spiro atoms. The zero-order valence-electron chi connectivity index (χ0n) is 13.2. The lowest BCUT2D eigenvalue weighted by atomic mass is 10.1. The highest BCUT2D eigenvalue weighted by molar-refractivity contribution is 6.31. The summed E-state index contributed by atoms with van der Waals surface area (Å²) in [6.07, 6.45) is 9.87. The molecule has 0 radical (unpaired) electrons. The van der Waals surface area contributed by atoms with Crippen LogP contribution in [0.25, 0.3) is 10.9 Å². The van der Waals surface area contributed by atoms with Gasteiger partial charge in [0.25, 0.3) is 0 Å². The van der Waals surface area contributed by atoms with Crippen LogP contribution in [0.5, 0.6) is 0 Å². The summed E-state index contributed by atoms with van der Waals surface area (Å²) in [5, 5.41) is 1.79. The van der Waals surface area contributed by atoms with E-state index >= 15 is 0 Å². The number of nitrogens with zero attached hydrogens (tertiary/aromatic N) is 3. The molecule has 23 heavy (non-hydrogen) atoms. The molecular formula is C18H22ClN3O. The van der Waals surface area contributed by atoms with Crippen molar-refractivity contribution in [2.45, 2.75) is 50.7 Å². The van der Waals surface area contributed by atoms with Gasteiger partial charge in [-0.25, -0.2) is 9.97 Å². The van der Waals surface area contributed by atoms with Crippen LogP contribution in [0.1, 0.15) is 38.5 Å². The predicted octanol–water partition coefficient (Wildman–Crippen LogP) is 4.21. The molecule has 1 saturated heterocycles. The maximum atomic E-state index is 6.26. The van der Waals surface area contributed by atoms with Crippen molar-refractivity contribution in [1.29, 1.82) is 0 Å². The van der Waals surface area contributed by atoms with Gasteiger partial charge in [0.1, 0.15) is 12.1 Å². The lowest BCUT2D eigenvalue weighted by Gasteiger charge is -2.34. The molecule has 2 fully saturated rings. The second-order valence-corrected chi connectivity index (χ2v) is 7.02. The zero-order chi connectivity index (χ0) is 15.6. The fourth-order valence-corrected chi connectivity index (χ4v) is 3.93. The van der Waals surface area contributed by atoms with Crippen LogP contribution in [0.3, 0.4) is 0 Å². The van der Waals surface area contributed by atoms with Crippen LogP contribution in [0.2, 0.25) is 5.02 Å². The molecule has 2 aromatic rings. The number of piperidine rings is 1. The fraction of sp³-hybridized carbons (Fsp3) is 0.556. The molecule has 0 N–H and O–H groups in total. The number of rotatable bonds is 3. The standard InChI is InChI=1S/C18H22ClN3O/c19-13-5-6-16-17(11-13)20-12-21-18(16)22-9-7-15(8-10-22)23-14-3-1-2-4-14/h5-6,11-12,14-15H,1-4,7-10H2. The maximum absolute atomic E-state index is 6.26. The van der Waals surface area contributed by atoms with Gasteiger partial charge < -0.3 is 9.64 Å². The van der Waals surface area contributed by atoms with Gasteiger partial charge in [0.05, 0.1) is 17.7 Å². The molecule has 5 heteroatoms. The molecule has 0 amide bonds. The molecule has 1 saturated carbocycles. The van der Waals surface area contributed by atoms with Crippen LogP contribution in [-0.2, 0) is 4.74 Å². The smallest absolute Gasteiger partial charge is 0.139 e. The Morgan fingerprint density at radius 1 is 1.00 bits per heavy atom. The van der Waals surface area contributed by atoms with Crippen molar-refractivity contribution < 1.29 is 4.74 Å². The first kappa shape index (κ1) is 15.2. The van der Waals surface area contributed by atoms with E-state index in [9.17, 15) is 0 Å². The molecule has 1 aromatic heterocycles. The molecule has 0 bridgehead atoms. The highest BCUT2D eigenvalue weighted by atomic mass is 35.5. The normalized spacial score (nSPS) is 20.5. The van der Waals surface area contributed by atoms with E-state index in [1.165, 1.54) is 25.7 Å². The average molecular weight is 332 g/mol. The summed E-state index contributed by atoms with van der Waals surface area (Å²) in [4.78, 5) is 11.2. The van der Waals surface area contributed by atoms with Crippen molar-refractivity contribution in [3.8, 4) is 0 Å². The number of benzene rings is 1. The van der Waals surface area contributed by atoms with Crippen molar-refractivity contribution in [3.63, 3.8) is 0 Å². The van der Waals surface area contributed by atoms with E-state index in [4.69, 9.17) is 16.3 Å². The van der Waals surface area contributed by atoms with E-state index in [0.29, 0.717) is 17.2 Å². The highest BCUT2D eigenvalue weighted by Crippen LogP contribution is 2.29. The Hall–Kier alpha value is -1.39. The van der Waals surface area contributed by atoms with Crippen molar-refractivity contribution in [2.24, 2.45) is 0 Å². The largest absolute Gasteiger partial charge is 0.375 e. The zero-order valence-corrected chi connectivity index (χ0v) is 14.0. The molecule has 1 aliphatic carbocycles. The molecule has 122 valence electrons. The number of fused-ring (bicyclic) bond motifs is 1. The second-order valence-electron chi connectivity index (χ2n) is 6.59. The Morgan fingerprint density at radius 2 is 1.74 bits per heavy atom. The molecule has 0 unspecified atom stereocenters. The Morgan fingerprint density at radius 3 is 2.52 bits per heavy atom. The summed E-state index contributed by atoms with van der Waals surface area (Å²) in [5.41, 5.74) is 0.909. The average Bonchev–Trinajstić information content (AvgIpc) is 3.08. The monoisotopic (exact) mass is 331 g/mol. The van der Waals surface area contributed by atoms with Crippen molar-refractivity contribution in [1.82, 2.24) is 9.97 Å². The third-order valence-electron chi connectivity index (χ3n) is 5.01. The van der Waals surface area contributed by atoms with Crippen molar-refractivity contribution >= 4 is 28.3 Å². The minimum absolute atomic E-state index is 0.414. The molecule has 0 atom stereocenters. The first-order chi connectivity index (χ1) is 11.3. The second kappa shape index (κ2) is 6.62. The number of halogens is 1. The number of anilines is 1. The quantitative estimate of drug-likeness (QED) is 0.844. The van der Waals surface area contributed by atoms with Crippen LogP contribution < -0.4 is 4.90 Å². The molecule has 1 aliphatic heterocycles. The van der Waals surface area contributed by atoms with Crippen molar-refractivity contribution in [3.05, 3.63) is 29.5 Å². The first-order valence-corrected chi connectivity index (χ1v) is 8.98. The molecule has 1 aromatic carbocycles. The SMILES string of the molecule is Clc1ccc2c(N3CCC(OC4CCCC4)CC3)ncnc2c1. The van der Waals surface area contributed by atoms with E-state index in [1.54, 1.807) is 6.33 Å². The molecule has 2 heterocycles. The summed E-state index contributed by atoms with van der Waals surface area (Å²) in [7, 11) is 0. The van der Waals surface area contributed by atoms with Crippen LogP contribution in [0, 0.1) is 0 Å². The van der Waals surface area contributed by atoms with E-state index in [1.807, 2.05) is 18.2 Å². The molecule has 4 rings (SSSR count). The summed E-state index contributed by atoms with van der Waals surface area (Å²) in [6.45, 7) is 1.98. The number of aromatic nitrogens is 2. The summed E-state index contributed by atoms with van der Waals surface area (Å²) >= 11 is 6.07. The van der Waals surface area contributed by atoms with Gasteiger partial charge in [0.15, 0.2) is 0 Å². The lowest BCUT2D eigenvalue weighted by molar-refractivity contribution is -0.0195.